The van der Waals surface area contributed by atoms with Crippen molar-refractivity contribution in [2.24, 2.45) is 5.10 Å². The molecule has 3 aromatic rings. The minimum atomic E-state index is -0.116. The van der Waals surface area contributed by atoms with Crippen LogP contribution >= 0.6 is 11.8 Å². The van der Waals surface area contributed by atoms with E-state index in [4.69, 9.17) is 0 Å². The van der Waals surface area contributed by atoms with Gasteiger partial charge >= 0.3 is 0 Å². The summed E-state index contributed by atoms with van der Waals surface area (Å²) >= 11 is 1.50. The van der Waals surface area contributed by atoms with Gasteiger partial charge in [0.1, 0.15) is 0 Å². The number of aryl methyl sites for hydroxylation is 3. The molecule has 28 heavy (non-hydrogen) atoms. The molecule has 5 heteroatoms. The molecule has 2 aromatic carbocycles. The van der Waals surface area contributed by atoms with Gasteiger partial charge in [0.05, 0.1) is 12.0 Å². The van der Waals surface area contributed by atoms with Crippen LogP contribution in [0.5, 0.6) is 0 Å². The second kappa shape index (κ2) is 8.93. The van der Waals surface area contributed by atoms with Crippen LogP contribution in [-0.2, 0) is 4.79 Å². The largest absolute Gasteiger partial charge is 0.318 e. The summed E-state index contributed by atoms with van der Waals surface area (Å²) in [5.74, 6) is 0.220. The highest BCUT2D eigenvalue weighted by Gasteiger charge is 2.09. The Morgan fingerprint density at radius 2 is 1.79 bits per heavy atom. The number of carbonyl (C=O) groups excluding carboxylic acids is 1. The molecule has 0 fully saturated rings. The maximum absolute atomic E-state index is 12.0. The average Bonchev–Trinajstić information content (AvgIpc) is 2.95. The van der Waals surface area contributed by atoms with Gasteiger partial charge in [-0.1, -0.05) is 29.8 Å². The predicted molar refractivity (Wildman–Crippen MR) is 118 cm³/mol. The SMILES string of the molecule is Cc1ccc(SCC(=O)N/N=C\c2cc(C)n(-c3cccc(C)c3)c2C)cc1. The molecule has 0 bridgehead atoms. The zero-order valence-electron chi connectivity index (χ0n) is 16.7. The fourth-order valence-corrected chi connectivity index (χ4v) is 3.76. The smallest absolute Gasteiger partial charge is 0.250 e. The fourth-order valence-electron chi connectivity index (χ4n) is 3.07. The highest BCUT2D eigenvalue weighted by molar-refractivity contribution is 8.00. The van der Waals surface area contributed by atoms with Crippen molar-refractivity contribution in [3.8, 4) is 5.69 Å². The van der Waals surface area contributed by atoms with E-state index < -0.39 is 0 Å². The summed E-state index contributed by atoms with van der Waals surface area (Å²) in [5.41, 5.74) is 9.40. The van der Waals surface area contributed by atoms with Crippen LogP contribution in [-0.4, -0.2) is 22.4 Å². The van der Waals surface area contributed by atoms with Crippen molar-refractivity contribution in [1.29, 1.82) is 0 Å². The molecule has 0 radical (unpaired) electrons. The summed E-state index contributed by atoms with van der Waals surface area (Å²) in [6.45, 7) is 8.27. The molecular formula is C23H25N3OS. The van der Waals surface area contributed by atoms with E-state index >= 15 is 0 Å². The number of thioether (sulfide) groups is 1. The Kier molecular flexibility index (Phi) is 6.37. The van der Waals surface area contributed by atoms with Crippen LogP contribution in [0.4, 0.5) is 0 Å². The molecule has 0 unspecified atom stereocenters. The van der Waals surface area contributed by atoms with Crippen LogP contribution in [0, 0.1) is 27.7 Å². The van der Waals surface area contributed by atoms with E-state index in [-0.39, 0.29) is 5.91 Å². The summed E-state index contributed by atoms with van der Waals surface area (Å²) < 4.78 is 2.20. The topological polar surface area (TPSA) is 46.4 Å². The summed E-state index contributed by atoms with van der Waals surface area (Å²) in [4.78, 5) is 13.1. The molecular weight excluding hydrogens is 366 g/mol. The van der Waals surface area contributed by atoms with Crippen LogP contribution in [0.1, 0.15) is 28.1 Å². The molecule has 0 saturated carbocycles. The Balaban J connectivity index is 1.62. The number of aromatic nitrogens is 1. The lowest BCUT2D eigenvalue weighted by atomic mass is 10.2. The molecule has 4 nitrogen and oxygen atoms in total. The van der Waals surface area contributed by atoms with Gasteiger partial charge in [0.2, 0.25) is 5.91 Å². The van der Waals surface area contributed by atoms with Crippen molar-refractivity contribution in [2.45, 2.75) is 32.6 Å². The van der Waals surface area contributed by atoms with Gasteiger partial charge in [-0.15, -0.1) is 11.8 Å². The molecule has 0 atom stereocenters. The van der Waals surface area contributed by atoms with Gasteiger partial charge in [0.15, 0.2) is 0 Å². The van der Waals surface area contributed by atoms with Crippen molar-refractivity contribution < 1.29 is 4.79 Å². The highest BCUT2D eigenvalue weighted by atomic mass is 32.2. The van der Waals surface area contributed by atoms with Gasteiger partial charge in [0.25, 0.3) is 0 Å². The number of amides is 1. The Bertz CT molecular complexity index is 1000. The van der Waals surface area contributed by atoms with E-state index in [9.17, 15) is 4.79 Å². The number of benzene rings is 2. The number of carbonyl (C=O) groups is 1. The molecule has 0 spiro atoms. The predicted octanol–water partition coefficient (Wildman–Crippen LogP) is 4.95. The summed E-state index contributed by atoms with van der Waals surface area (Å²) in [6, 6.07) is 18.6. The first-order valence-corrected chi connectivity index (χ1v) is 10.2. The molecule has 1 N–H and O–H groups in total. The first-order chi connectivity index (χ1) is 13.4. The van der Waals surface area contributed by atoms with Gasteiger partial charge < -0.3 is 4.57 Å². The van der Waals surface area contributed by atoms with Crippen molar-refractivity contribution >= 4 is 23.9 Å². The number of nitrogens with zero attached hydrogens (tertiary/aromatic N) is 2. The lowest BCUT2D eigenvalue weighted by molar-refractivity contribution is -0.118. The number of nitrogens with one attached hydrogen (secondary N) is 1. The normalized spacial score (nSPS) is 11.1. The molecule has 1 amide bonds. The Morgan fingerprint density at radius 3 is 2.50 bits per heavy atom. The zero-order valence-corrected chi connectivity index (χ0v) is 17.5. The summed E-state index contributed by atoms with van der Waals surface area (Å²) in [5, 5.41) is 4.14. The van der Waals surface area contributed by atoms with Gasteiger partial charge in [-0.05, 0) is 63.6 Å². The third kappa shape index (κ3) is 4.93. The van der Waals surface area contributed by atoms with Gasteiger partial charge in [-0.2, -0.15) is 5.10 Å². The zero-order chi connectivity index (χ0) is 20.1. The summed E-state index contributed by atoms with van der Waals surface area (Å²) in [6.07, 6.45) is 1.71. The van der Waals surface area contributed by atoms with Crippen molar-refractivity contribution in [2.75, 3.05) is 5.75 Å². The monoisotopic (exact) mass is 391 g/mol. The second-order valence-corrected chi connectivity index (χ2v) is 7.94. The maximum atomic E-state index is 12.0. The molecule has 0 aliphatic carbocycles. The fraction of sp³-hybridized carbons (Fsp3) is 0.217. The van der Waals surface area contributed by atoms with Crippen LogP contribution < -0.4 is 5.43 Å². The average molecular weight is 392 g/mol. The Morgan fingerprint density at radius 1 is 1.04 bits per heavy atom. The van der Waals surface area contributed by atoms with E-state index in [0.29, 0.717) is 5.75 Å². The lowest BCUT2D eigenvalue weighted by Crippen LogP contribution is -2.19. The highest BCUT2D eigenvalue weighted by Crippen LogP contribution is 2.20. The van der Waals surface area contributed by atoms with Gasteiger partial charge in [0, 0.05) is 27.5 Å². The van der Waals surface area contributed by atoms with E-state index in [1.54, 1.807) is 6.21 Å². The minimum Gasteiger partial charge on any atom is -0.318 e. The first kappa shape index (κ1) is 20.0. The third-order valence-corrected chi connectivity index (χ3v) is 5.53. The molecule has 144 valence electrons. The van der Waals surface area contributed by atoms with Gasteiger partial charge in [-0.25, -0.2) is 5.43 Å². The van der Waals surface area contributed by atoms with Crippen LogP contribution in [0.3, 0.4) is 0 Å². The number of hydrogen-bond acceptors (Lipinski definition) is 3. The number of rotatable bonds is 6. The lowest BCUT2D eigenvalue weighted by Gasteiger charge is -2.10. The van der Waals surface area contributed by atoms with Crippen LogP contribution in [0.15, 0.2) is 64.6 Å². The minimum absolute atomic E-state index is 0.116. The molecule has 0 aliphatic heterocycles. The van der Waals surface area contributed by atoms with E-state index in [1.165, 1.54) is 22.9 Å². The number of hydrogen-bond donors (Lipinski definition) is 1. The van der Waals surface area contributed by atoms with Crippen molar-refractivity contribution in [3.63, 3.8) is 0 Å². The maximum Gasteiger partial charge on any atom is 0.250 e. The molecule has 0 aliphatic rings. The summed E-state index contributed by atoms with van der Waals surface area (Å²) in [7, 11) is 0. The Labute approximate surface area is 170 Å². The van der Waals surface area contributed by atoms with E-state index in [1.807, 2.05) is 31.2 Å². The van der Waals surface area contributed by atoms with Crippen LogP contribution in [0.2, 0.25) is 0 Å². The molecule has 1 heterocycles. The quantitative estimate of drug-likeness (QED) is 0.367. The van der Waals surface area contributed by atoms with Crippen LogP contribution in [0.25, 0.3) is 5.69 Å². The number of hydrazone groups is 1. The van der Waals surface area contributed by atoms with Crippen molar-refractivity contribution in [1.82, 2.24) is 9.99 Å². The molecule has 0 saturated heterocycles. The van der Waals surface area contributed by atoms with Gasteiger partial charge in [-0.3, -0.25) is 4.79 Å². The Hall–Kier alpha value is -2.79. The molecule has 3 rings (SSSR count). The van der Waals surface area contributed by atoms with E-state index in [2.05, 4.69) is 66.2 Å². The molecule has 1 aromatic heterocycles. The van der Waals surface area contributed by atoms with E-state index in [0.717, 1.165) is 27.5 Å². The third-order valence-electron chi connectivity index (χ3n) is 4.51. The standard InChI is InChI=1S/C23H25N3OS/c1-16-8-10-22(11-9-16)28-15-23(27)25-24-14-20-13-18(3)26(19(20)4)21-7-5-6-17(2)12-21/h5-14H,15H2,1-4H3,(H,25,27)/b24-14-. The first-order valence-electron chi connectivity index (χ1n) is 9.21. The van der Waals surface area contributed by atoms with Crippen molar-refractivity contribution in [3.05, 3.63) is 82.7 Å². The second-order valence-electron chi connectivity index (χ2n) is 6.90.